The van der Waals surface area contributed by atoms with Gasteiger partial charge >= 0.3 is 0 Å². The Balaban J connectivity index is 1.36. The highest BCUT2D eigenvalue weighted by atomic mass is 19.1. The van der Waals surface area contributed by atoms with Crippen molar-refractivity contribution in [3.05, 3.63) is 83.4 Å². The number of ether oxygens (including phenoxy) is 1. The summed E-state index contributed by atoms with van der Waals surface area (Å²) in [6.45, 7) is 5.84. The van der Waals surface area contributed by atoms with Crippen molar-refractivity contribution in [2.24, 2.45) is 0 Å². The van der Waals surface area contributed by atoms with Crippen LogP contribution in [0, 0.1) is 12.7 Å². The molecule has 0 spiro atoms. The molecule has 1 aliphatic heterocycles. The number of carbonyl (C=O) groups is 1. The lowest BCUT2D eigenvalue weighted by atomic mass is 10.0. The summed E-state index contributed by atoms with van der Waals surface area (Å²) in [5, 5.41) is 2.84. The fourth-order valence-corrected chi connectivity index (χ4v) is 3.71. The second kappa shape index (κ2) is 9.71. The van der Waals surface area contributed by atoms with Crippen molar-refractivity contribution < 1.29 is 13.9 Å². The minimum atomic E-state index is -0.287. The van der Waals surface area contributed by atoms with Crippen LogP contribution in [0.25, 0.3) is 11.1 Å². The molecule has 6 heteroatoms. The van der Waals surface area contributed by atoms with E-state index >= 15 is 0 Å². The third-order valence-corrected chi connectivity index (χ3v) is 5.47. The zero-order valence-electron chi connectivity index (χ0n) is 17.6. The van der Waals surface area contributed by atoms with Gasteiger partial charge in [0, 0.05) is 42.8 Å². The number of hydrogen-bond acceptors (Lipinski definition) is 4. The molecule has 2 heterocycles. The first-order valence-electron chi connectivity index (χ1n) is 10.5. The number of aryl methyl sites for hydroxylation is 1. The molecule has 1 amide bonds. The molecular formula is C25H26FN3O2. The molecule has 0 atom stereocenters. The Morgan fingerprint density at radius 1 is 1.10 bits per heavy atom. The number of morpholine rings is 1. The number of anilines is 1. The van der Waals surface area contributed by atoms with Crippen LogP contribution in [0.5, 0.6) is 0 Å². The Hall–Kier alpha value is -3.25. The second-order valence-electron chi connectivity index (χ2n) is 7.72. The molecule has 0 saturated carbocycles. The first-order valence-corrected chi connectivity index (χ1v) is 10.5. The van der Waals surface area contributed by atoms with Crippen LogP contribution >= 0.6 is 0 Å². The van der Waals surface area contributed by atoms with E-state index in [0.717, 1.165) is 43.0 Å². The van der Waals surface area contributed by atoms with E-state index in [1.165, 1.54) is 23.4 Å². The third kappa shape index (κ3) is 5.47. The van der Waals surface area contributed by atoms with Crippen LogP contribution in [0.3, 0.4) is 0 Å². The molecule has 2 aromatic carbocycles. The van der Waals surface area contributed by atoms with Gasteiger partial charge in [-0.15, -0.1) is 0 Å². The predicted molar refractivity (Wildman–Crippen MR) is 119 cm³/mol. The summed E-state index contributed by atoms with van der Waals surface area (Å²) >= 11 is 0. The Kier molecular flexibility index (Phi) is 6.57. The van der Waals surface area contributed by atoms with Crippen molar-refractivity contribution in [3.63, 3.8) is 0 Å². The number of nitrogens with zero attached hydrogens (tertiary/aromatic N) is 2. The molecule has 1 aliphatic rings. The number of amides is 1. The second-order valence-corrected chi connectivity index (χ2v) is 7.72. The van der Waals surface area contributed by atoms with E-state index in [0.29, 0.717) is 12.2 Å². The molecule has 160 valence electrons. The molecule has 4 rings (SSSR count). The van der Waals surface area contributed by atoms with E-state index in [1.807, 2.05) is 18.3 Å². The van der Waals surface area contributed by atoms with Crippen molar-refractivity contribution in [2.75, 3.05) is 31.2 Å². The molecule has 5 nitrogen and oxygen atoms in total. The van der Waals surface area contributed by atoms with Crippen LogP contribution in [-0.2, 0) is 22.5 Å². The summed E-state index contributed by atoms with van der Waals surface area (Å²) in [4.78, 5) is 19.0. The maximum absolute atomic E-state index is 13.0. The van der Waals surface area contributed by atoms with E-state index in [-0.39, 0.29) is 18.1 Å². The molecule has 31 heavy (non-hydrogen) atoms. The topological polar surface area (TPSA) is 54.5 Å². The lowest BCUT2D eigenvalue weighted by Crippen LogP contribution is -2.36. The number of pyridine rings is 1. The van der Waals surface area contributed by atoms with Gasteiger partial charge < -0.3 is 15.0 Å². The highest BCUT2D eigenvalue weighted by Crippen LogP contribution is 2.27. The minimum absolute atomic E-state index is 0.115. The Bertz CT molecular complexity index is 1030. The summed E-state index contributed by atoms with van der Waals surface area (Å²) < 4.78 is 18.4. The van der Waals surface area contributed by atoms with Gasteiger partial charge in [-0.3, -0.25) is 9.78 Å². The molecule has 0 bridgehead atoms. The van der Waals surface area contributed by atoms with Gasteiger partial charge in [0.2, 0.25) is 5.91 Å². The van der Waals surface area contributed by atoms with Crippen molar-refractivity contribution in [1.82, 2.24) is 10.3 Å². The van der Waals surface area contributed by atoms with Gasteiger partial charge in [-0.1, -0.05) is 24.3 Å². The number of aromatic nitrogens is 1. The maximum Gasteiger partial charge on any atom is 0.226 e. The van der Waals surface area contributed by atoms with E-state index in [1.54, 1.807) is 12.1 Å². The van der Waals surface area contributed by atoms with Crippen LogP contribution in [-0.4, -0.2) is 37.2 Å². The highest BCUT2D eigenvalue weighted by molar-refractivity contribution is 5.78. The summed E-state index contributed by atoms with van der Waals surface area (Å²) in [7, 11) is 0. The minimum Gasteiger partial charge on any atom is -0.378 e. The van der Waals surface area contributed by atoms with Gasteiger partial charge in [-0.25, -0.2) is 4.39 Å². The monoisotopic (exact) mass is 419 g/mol. The number of carbonyl (C=O) groups excluding carboxylic acids is 1. The summed E-state index contributed by atoms with van der Waals surface area (Å²) in [6, 6.07) is 16.5. The first-order chi connectivity index (χ1) is 15.1. The standard InChI is InChI=1S/C25H26FN3O2/c1-18-14-23(29-10-12-31-13-11-29)8-9-24(18)20-4-7-22(27-17-20)15-25(30)28-16-19-2-5-21(26)6-3-19/h2-9,14,17H,10-13,15-16H2,1H3,(H,28,30). The molecule has 1 N–H and O–H groups in total. The van der Waals surface area contributed by atoms with Crippen molar-refractivity contribution in [3.8, 4) is 11.1 Å². The quantitative estimate of drug-likeness (QED) is 0.659. The van der Waals surface area contributed by atoms with Crippen LogP contribution in [0.1, 0.15) is 16.8 Å². The molecule has 0 unspecified atom stereocenters. The molecule has 0 radical (unpaired) electrons. The Labute approximate surface area is 181 Å². The molecule has 1 saturated heterocycles. The molecule has 3 aromatic rings. The van der Waals surface area contributed by atoms with Gasteiger partial charge in [0.05, 0.1) is 19.6 Å². The van der Waals surface area contributed by atoms with Crippen molar-refractivity contribution in [1.29, 1.82) is 0 Å². The number of rotatable bonds is 6. The Morgan fingerprint density at radius 2 is 1.87 bits per heavy atom. The normalized spacial score (nSPS) is 13.8. The number of hydrogen-bond donors (Lipinski definition) is 1. The zero-order chi connectivity index (χ0) is 21.6. The summed E-state index contributed by atoms with van der Waals surface area (Å²) in [5.41, 5.74) is 6.14. The zero-order valence-corrected chi connectivity index (χ0v) is 17.6. The predicted octanol–water partition coefficient (Wildman–Crippen LogP) is 3.89. The fraction of sp³-hybridized carbons (Fsp3) is 0.280. The van der Waals surface area contributed by atoms with Crippen molar-refractivity contribution in [2.45, 2.75) is 19.9 Å². The maximum atomic E-state index is 13.0. The van der Waals surface area contributed by atoms with Gasteiger partial charge in [0.15, 0.2) is 0 Å². The smallest absolute Gasteiger partial charge is 0.226 e. The first kappa shape index (κ1) is 21.0. The Morgan fingerprint density at radius 3 is 2.55 bits per heavy atom. The fourth-order valence-electron chi connectivity index (χ4n) is 3.71. The van der Waals surface area contributed by atoms with Crippen LogP contribution < -0.4 is 10.2 Å². The average molecular weight is 420 g/mol. The van der Waals surface area contributed by atoms with Crippen LogP contribution in [0.2, 0.25) is 0 Å². The average Bonchev–Trinajstić information content (AvgIpc) is 2.80. The highest BCUT2D eigenvalue weighted by Gasteiger charge is 2.13. The molecule has 1 aromatic heterocycles. The number of benzene rings is 2. The molecular weight excluding hydrogens is 393 g/mol. The van der Waals surface area contributed by atoms with E-state index in [2.05, 4.69) is 40.3 Å². The van der Waals surface area contributed by atoms with Gasteiger partial charge in [-0.05, 0) is 53.9 Å². The lowest BCUT2D eigenvalue weighted by Gasteiger charge is -2.29. The van der Waals surface area contributed by atoms with E-state index < -0.39 is 0 Å². The third-order valence-electron chi connectivity index (χ3n) is 5.47. The van der Waals surface area contributed by atoms with Gasteiger partial charge in [-0.2, -0.15) is 0 Å². The lowest BCUT2D eigenvalue weighted by molar-refractivity contribution is -0.120. The van der Waals surface area contributed by atoms with Crippen molar-refractivity contribution >= 4 is 11.6 Å². The van der Waals surface area contributed by atoms with Crippen LogP contribution in [0.15, 0.2) is 60.8 Å². The van der Waals surface area contributed by atoms with Gasteiger partial charge in [0.1, 0.15) is 5.82 Å². The summed E-state index contributed by atoms with van der Waals surface area (Å²) in [5.74, 6) is -0.402. The van der Waals surface area contributed by atoms with E-state index in [4.69, 9.17) is 4.74 Å². The molecule has 0 aliphatic carbocycles. The van der Waals surface area contributed by atoms with Gasteiger partial charge in [0.25, 0.3) is 0 Å². The molecule has 1 fully saturated rings. The largest absolute Gasteiger partial charge is 0.378 e. The summed E-state index contributed by atoms with van der Waals surface area (Å²) in [6.07, 6.45) is 2.02. The van der Waals surface area contributed by atoms with Crippen LogP contribution in [0.4, 0.5) is 10.1 Å². The SMILES string of the molecule is Cc1cc(N2CCOCC2)ccc1-c1ccc(CC(=O)NCc2ccc(F)cc2)nc1. The number of halogens is 1. The number of nitrogens with one attached hydrogen (secondary N) is 1. The van der Waals surface area contributed by atoms with E-state index in [9.17, 15) is 9.18 Å².